The van der Waals surface area contributed by atoms with Gasteiger partial charge in [0, 0.05) is 18.8 Å². The molecule has 0 saturated carbocycles. The van der Waals surface area contributed by atoms with Crippen LogP contribution in [0, 0.1) is 0 Å². The molecule has 2 rings (SSSR count). The van der Waals surface area contributed by atoms with Crippen LogP contribution in [0.3, 0.4) is 0 Å². The van der Waals surface area contributed by atoms with Crippen molar-refractivity contribution in [3.63, 3.8) is 0 Å². The van der Waals surface area contributed by atoms with Crippen molar-refractivity contribution in [1.29, 1.82) is 0 Å². The first-order chi connectivity index (χ1) is 10.3. The lowest BCUT2D eigenvalue weighted by molar-refractivity contribution is -0.141. The Morgan fingerprint density at radius 1 is 0.810 bits per heavy atom. The first-order valence-corrected chi connectivity index (χ1v) is 7.34. The Morgan fingerprint density at radius 2 is 1.43 bits per heavy atom. The van der Waals surface area contributed by atoms with Crippen LogP contribution < -0.4 is 4.74 Å². The zero-order chi connectivity index (χ0) is 14.9. The smallest absolute Gasteiger partial charge is 0.187 e. The molecule has 0 unspecified atom stereocenters. The highest BCUT2D eigenvalue weighted by Gasteiger charge is 2.16. The van der Waals surface area contributed by atoms with Crippen molar-refractivity contribution in [2.75, 3.05) is 13.2 Å². The van der Waals surface area contributed by atoms with E-state index in [1.165, 1.54) is 0 Å². The van der Waals surface area contributed by atoms with Crippen LogP contribution in [0.5, 0.6) is 5.75 Å². The van der Waals surface area contributed by atoms with Gasteiger partial charge in [-0.05, 0) is 25.5 Å². The van der Waals surface area contributed by atoms with Gasteiger partial charge < -0.3 is 14.2 Å². The van der Waals surface area contributed by atoms with E-state index >= 15 is 0 Å². The van der Waals surface area contributed by atoms with Gasteiger partial charge >= 0.3 is 0 Å². The maximum Gasteiger partial charge on any atom is 0.187 e. The molecule has 3 nitrogen and oxygen atoms in total. The molecule has 0 aliphatic rings. The third kappa shape index (κ3) is 4.59. The Hall–Kier alpha value is -1.84. The highest BCUT2D eigenvalue weighted by molar-refractivity contribution is 5.34. The second-order valence-corrected chi connectivity index (χ2v) is 4.55. The van der Waals surface area contributed by atoms with Crippen molar-refractivity contribution in [3.05, 3.63) is 65.7 Å². The summed E-state index contributed by atoms with van der Waals surface area (Å²) in [7, 11) is 0. The zero-order valence-corrected chi connectivity index (χ0v) is 12.6. The van der Waals surface area contributed by atoms with Gasteiger partial charge in [0.05, 0.1) is 0 Å². The minimum Gasteiger partial charge on any atom is -0.488 e. The predicted molar refractivity (Wildman–Crippen MR) is 83.2 cm³/mol. The Kier molecular flexibility index (Phi) is 6.25. The molecule has 0 amide bonds. The van der Waals surface area contributed by atoms with Crippen molar-refractivity contribution >= 4 is 0 Å². The summed E-state index contributed by atoms with van der Waals surface area (Å²) in [6.45, 7) is 5.64. The summed E-state index contributed by atoms with van der Waals surface area (Å²) >= 11 is 0. The number of benzene rings is 2. The number of hydrogen-bond acceptors (Lipinski definition) is 3. The van der Waals surface area contributed by atoms with Gasteiger partial charge in [-0.25, -0.2) is 0 Å². The van der Waals surface area contributed by atoms with E-state index in [1.54, 1.807) is 0 Å². The molecule has 0 radical (unpaired) electrons. The summed E-state index contributed by atoms with van der Waals surface area (Å²) in [5.74, 6) is 0.799. The van der Waals surface area contributed by atoms with Gasteiger partial charge in [0.15, 0.2) is 6.29 Å². The van der Waals surface area contributed by atoms with E-state index in [-0.39, 0.29) is 6.29 Å². The molecule has 0 aliphatic carbocycles. The molecule has 2 aromatic carbocycles. The molecule has 0 saturated heterocycles. The fourth-order valence-electron chi connectivity index (χ4n) is 2.07. The van der Waals surface area contributed by atoms with Gasteiger partial charge in [0.1, 0.15) is 12.4 Å². The minimum absolute atomic E-state index is 0.382. The lowest BCUT2D eigenvalue weighted by Crippen LogP contribution is -2.10. The van der Waals surface area contributed by atoms with Gasteiger partial charge in [0.25, 0.3) is 0 Å². The quantitative estimate of drug-likeness (QED) is 0.676. The van der Waals surface area contributed by atoms with E-state index in [9.17, 15) is 0 Å². The van der Waals surface area contributed by atoms with Crippen LogP contribution in [0.1, 0.15) is 31.3 Å². The van der Waals surface area contributed by atoms with E-state index in [4.69, 9.17) is 14.2 Å². The highest BCUT2D eigenvalue weighted by atomic mass is 16.7. The normalized spacial score (nSPS) is 10.8. The molecule has 0 N–H and O–H groups in total. The summed E-state index contributed by atoms with van der Waals surface area (Å²) in [6, 6.07) is 18.0. The lowest BCUT2D eigenvalue weighted by atomic mass is 10.2. The molecule has 0 bridgehead atoms. The second-order valence-electron chi connectivity index (χ2n) is 4.55. The van der Waals surface area contributed by atoms with E-state index in [0.29, 0.717) is 19.8 Å². The van der Waals surface area contributed by atoms with Crippen LogP contribution in [-0.2, 0) is 16.1 Å². The maximum atomic E-state index is 5.94. The topological polar surface area (TPSA) is 27.7 Å². The maximum absolute atomic E-state index is 5.94. The summed E-state index contributed by atoms with van der Waals surface area (Å²) in [4.78, 5) is 0. The third-order valence-electron chi connectivity index (χ3n) is 3.05. The van der Waals surface area contributed by atoms with Gasteiger partial charge in [-0.15, -0.1) is 0 Å². The van der Waals surface area contributed by atoms with Crippen molar-refractivity contribution < 1.29 is 14.2 Å². The molecule has 0 aliphatic heterocycles. The molecule has 0 aromatic heterocycles. The van der Waals surface area contributed by atoms with Crippen LogP contribution >= 0.6 is 0 Å². The van der Waals surface area contributed by atoms with E-state index in [0.717, 1.165) is 16.9 Å². The van der Waals surface area contributed by atoms with Gasteiger partial charge in [-0.1, -0.05) is 48.5 Å². The zero-order valence-electron chi connectivity index (χ0n) is 12.6. The molecule has 112 valence electrons. The van der Waals surface area contributed by atoms with Crippen molar-refractivity contribution in [2.24, 2.45) is 0 Å². The van der Waals surface area contributed by atoms with Gasteiger partial charge in [-0.3, -0.25) is 0 Å². The molecule has 0 atom stereocenters. The molecule has 0 fully saturated rings. The molecule has 3 heteroatoms. The number of ether oxygens (including phenoxy) is 3. The van der Waals surface area contributed by atoms with Gasteiger partial charge in [0.2, 0.25) is 0 Å². The summed E-state index contributed by atoms with van der Waals surface area (Å²) in [5.41, 5.74) is 2.06. The second kappa shape index (κ2) is 8.45. The van der Waals surface area contributed by atoms with E-state index < -0.39 is 0 Å². The van der Waals surface area contributed by atoms with Crippen molar-refractivity contribution in [1.82, 2.24) is 0 Å². The SMILES string of the molecule is CCOC(OCC)c1ccccc1OCc1ccccc1. The monoisotopic (exact) mass is 286 g/mol. The lowest BCUT2D eigenvalue weighted by Gasteiger charge is -2.20. The largest absolute Gasteiger partial charge is 0.488 e. The standard InChI is InChI=1S/C18H22O3/c1-3-19-18(20-4-2)16-12-8-9-13-17(16)21-14-15-10-6-5-7-11-15/h5-13,18H,3-4,14H2,1-2H3. The van der Waals surface area contributed by atoms with Crippen molar-refractivity contribution in [3.8, 4) is 5.75 Å². The first kappa shape index (κ1) is 15.5. The molecular formula is C18H22O3. The summed E-state index contributed by atoms with van der Waals surface area (Å²) in [6.07, 6.45) is -0.382. The Bertz CT molecular complexity index is 519. The number of rotatable bonds is 8. The molecular weight excluding hydrogens is 264 g/mol. The van der Waals surface area contributed by atoms with E-state index in [2.05, 4.69) is 0 Å². The predicted octanol–water partition coefficient (Wildman–Crippen LogP) is 4.34. The summed E-state index contributed by atoms with van der Waals surface area (Å²) in [5, 5.41) is 0. The summed E-state index contributed by atoms with van der Waals surface area (Å²) < 4.78 is 17.3. The average Bonchev–Trinajstić information content (AvgIpc) is 2.54. The minimum atomic E-state index is -0.382. The molecule has 21 heavy (non-hydrogen) atoms. The number of para-hydroxylation sites is 1. The van der Waals surface area contributed by atoms with Gasteiger partial charge in [-0.2, -0.15) is 0 Å². The highest BCUT2D eigenvalue weighted by Crippen LogP contribution is 2.29. The van der Waals surface area contributed by atoms with Crippen LogP contribution in [0.25, 0.3) is 0 Å². The molecule has 2 aromatic rings. The van der Waals surface area contributed by atoms with E-state index in [1.807, 2.05) is 68.4 Å². The average molecular weight is 286 g/mol. The fourth-order valence-corrected chi connectivity index (χ4v) is 2.07. The first-order valence-electron chi connectivity index (χ1n) is 7.34. The molecule has 0 heterocycles. The van der Waals surface area contributed by atoms with Crippen LogP contribution in [0.15, 0.2) is 54.6 Å². The van der Waals surface area contributed by atoms with Crippen LogP contribution in [0.2, 0.25) is 0 Å². The number of hydrogen-bond donors (Lipinski definition) is 0. The van der Waals surface area contributed by atoms with Crippen LogP contribution in [-0.4, -0.2) is 13.2 Å². The molecule has 0 spiro atoms. The third-order valence-corrected chi connectivity index (χ3v) is 3.05. The Labute approximate surface area is 126 Å². The Balaban J connectivity index is 2.11. The Morgan fingerprint density at radius 3 is 2.10 bits per heavy atom. The van der Waals surface area contributed by atoms with Crippen molar-refractivity contribution in [2.45, 2.75) is 26.7 Å². The fraction of sp³-hybridized carbons (Fsp3) is 0.333. The van der Waals surface area contributed by atoms with Crippen LogP contribution in [0.4, 0.5) is 0 Å².